The molecule has 2 rings (SSSR count). The molecule has 0 heterocycles. The van der Waals surface area contributed by atoms with Gasteiger partial charge in [-0.1, -0.05) is 50.8 Å². The van der Waals surface area contributed by atoms with Crippen LogP contribution in [0.3, 0.4) is 0 Å². The minimum atomic E-state index is 0.544. The molecule has 0 spiro atoms. The van der Waals surface area contributed by atoms with Gasteiger partial charge in [-0.25, -0.2) is 0 Å². The van der Waals surface area contributed by atoms with Crippen LogP contribution in [0.4, 0.5) is 0 Å². The molecule has 1 aliphatic rings. The van der Waals surface area contributed by atoms with Gasteiger partial charge in [-0.3, -0.25) is 0 Å². The van der Waals surface area contributed by atoms with Gasteiger partial charge in [-0.15, -0.1) is 0 Å². The first-order valence-corrected chi connectivity index (χ1v) is 8.14. The molecule has 1 aromatic rings. The van der Waals surface area contributed by atoms with E-state index in [-0.39, 0.29) is 0 Å². The van der Waals surface area contributed by atoms with Gasteiger partial charge in [0.25, 0.3) is 0 Å². The highest BCUT2D eigenvalue weighted by Crippen LogP contribution is 2.33. The highest BCUT2D eigenvalue weighted by molar-refractivity contribution is 6.30. The fraction of sp³-hybridized carbons (Fsp3) is 0.647. The van der Waals surface area contributed by atoms with Crippen molar-refractivity contribution >= 4 is 11.6 Å². The molecule has 0 bridgehead atoms. The highest BCUT2D eigenvalue weighted by Gasteiger charge is 2.22. The lowest BCUT2D eigenvalue weighted by atomic mass is 9.98. The number of halogens is 1. The molecule has 1 nitrogen and oxygen atoms in total. The second kappa shape index (κ2) is 7.31. The van der Waals surface area contributed by atoms with Gasteiger partial charge in [0.2, 0.25) is 0 Å². The monoisotopic (exact) mass is 279 g/mol. The number of aryl methyl sites for hydroxylation is 1. The maximum absolute atomic E-state index is 6.06. The summed E-state index contributed by atoms with van der Waals surface area (Å²) in [5, 5.41) is 4.64. The third-order valence-corrected chi connectivity index (χ3v) is 4.61. The van der Waals surface area contributed by atoms with E-state index in [1.807, 2.05) is 6.07 Å². The quantitative estimate of drug-likeness (QED) is 0.729. The molecular formula is C17H26ClN. The van der Waals surface area contributed by atoms with Crippen molar-refractivity contribution in [3.05, 3.63) is 34.3 Å². The minimum absolute atomic E-state index is 0.544. The Balaban J connectivity index is 1.88. The van der Waals surface area contributed by atoms with E-state index in [1.54, 1.807) is 0 Å². The van der Waals surface area contributed by atoms with Crippen LogP contribution in [0.15, 0.2) is 18.2 Å². The van der Waals surface area contributed by atoms with Crippen LogP contribution in [0.5, 0.6) is 0 Å². The molecule has 0 radical (unpaired) electrons. The van der Waals surface area contributed by atoms with Gasteiger partial charge in [0.15, 0.2) is 0 Å². The SMILES string of the molecule is CCCCC(CC)CNC1CCc2cc(Cl)ccc21. The first-order chi connectivity index (χ1) is 9.24. The largest absolute Gasteiger partial charge is 0.310 e. The van der Waals surface area contributed by atoms with Gasteiger partial charge in [0.05, 0.1) is 0 Å². The molecule has 0 fully saturated rings. The Labute approximate surface area is 122 Å². The molecule has 1 aromatic carbocycles. The molecule has 1 N–H and O–H groups in total. The zero-order chi connectivity index (χ0) is 13.7. The fourth-order valence-corrected chi connectivity index (χ4v) is 3.25. The topological polar surface area (TPSA) is 12.0 Å². The number of fused-ring (bicyclic) bond motifs is 1. The Morgan fingerprint density at radius 1 is 1.37 bits per heavy atom. The molecular weight excluding hydrogens is 254 g/mol. The minimum Gasteiger partial charge on any atom is -0.310 e. The number of unbranched alkanes of at least 4 members (excludes halogenated alkanes) is 1. The van der Waals surface area contributed by atoms with Crippen LogP contribution in [0, 0.1) is 5.92 Å². The van der Waals surface area contributed by atoms with Crippen molar-refractivity contribution < 1.29 is 0 Å². The first-order valence-electron chi connectivity index (χ1n) is 7.76. The molecule has 0 aromatic heterocycles. The lowest BCUT2D eigenvalue weighted by molar-refractivity contribution is 0.389. The third kappa shape index (κ3) is 3.97. The summed E-state index contributed by atoms with van der Waals surface area (Å²) in [7, 11) is 0. The highest BCUT2D eigenvalue weighted by atomic mass is 35.5. The normalized spacial score (nSPS) is 19.4. The number of rotatable bonds is 7. The van der Waals surface area contributed by atoms with Crippen molar-refractivity contribution in [3.8, 4) is 0 Å². The predicted octanol–water partition coefficient (Wildman–Crippen LogP) is 5.13. The Hall–Kier alpha value is -0.530. The van der Waals surface area contributed by atoms with Crippen molar-refractivity contribution in [2.45, 2.75) is 58.4 Å². The fourth-order valence-electron chi connectivity index (χ4n) is 3.05. The van der Waals surface area contributed by atoms with Crippen LogP contribution in [-0.2, 0) is 6.42 Å². The van der Waals surface area contributed by atoms with Crippen LogP contribution in [0.25, 0.3) is 0 Å². The summed E-state index contributed by atoms with van der Waals surface area (Å²) in [6, 6.07) is 6.90. The van der Waals surface area contributed by atoms with Crippen LogP contribution < -0.4 is 5.32 Å². The van der Waals surface area contributed by atoms with Crippen LogP contribution in [0.2, 0.25) is 5.02 Å². The summed E-state index contributed by atoms with van der Waals surface area (Å²) < 4.78 is 0. The smallest absolute Gasteiger partial charge is 0.0408 e. The van der Waals surface area contributed by atoms with E-state index in [1.165, 1.54) is 49.7 Å². The molecule has 2 unspecified atom stereocenters. The van der Waals surface area contributed by atoms with Crippen LogP contribution >= 0.6 is 11.6 Å². The van der Waals surface area contributed by atoms with Crippen molar-refractivity contribution in [2.75, 3.05) is 6.54 Å². The number of hydrogen-bond acceptors (Lipinski definition) is 1. The first kappa shape index (κ1) is 14.9. The molecule has 1 aliphatic carbocycles. The summed E-state index contributed by atoms with van der Waals surface area (Å²) >= 11 is 6.06. The summed E-state index contributed by atoms with van der Waals surface area (Å²) in [5.41, 5.74) is 2.90. The molecule has 2 atom stereocenters. The maximum atomic E-state index is 6.06. The Kier molecular flexibility index (Phi) is 5.72. The van der Waals surface area contributed by atoms with Crippen LogP contribution in [-0.4, -0.2) is 6.54 Å². The second-order valence-electron chi connectivity index (χ2n) is 5.76. The number of hydrogen-bond donors (Lipinski definition) is 1. The van der Waals surface area contributed by atoms with E-state index in [2.05, 4.69) is 31.3 Å². The molecule has 0 saturated heterocycles. The zero-order valence-electron chi connectivity index (χ0n) is 12.2. The lowest BCUT2D eigenvalue weighted by Crippen LogP contribution is -2.26. The Morgan fingerprint density at radius 3 is 2.95 bits per heavy atom. The van der Waals surface area contributed by atoms with Gasteiger partial charge in [0.1, 0.15) is 0 Å². The number of nitrogens with one attached hydrogen (secondary N) is 1. The molecule has 0 aliphatic heterocycles. The van der Waals surface area contributed by atoms with E-state index < -0.39 is 0 Å². The van der Waals surface area contributed by atoms with E-state index >= 15 is 0 Å². The van der Waals surface area contributed by atoms with Gasteiger partial charge in [-0.2, -0.15) is 0 Å². The van der Waals surface area contributed by atoms with Crippen molar-refractivity contribution in [2.24, 2.45) is 5.92 Å². The Bertz CT molecular complexity index is 402. The molecule has 0 saturated carbocycles. The van der Waals surface area contributed by atoms with Gasteiger partial charge in [0, 0.05) is 11.1 Å². The average Bonchev–Trinajstić information content (AvgIpc) is 2.81. The van der Waals surface area contributed by atoms with Gasteiger partial charge >= 0.3 is 0 Å². The molecule has 19 heavy (non-hydrogen) atoms. The zero-order valence-corrected chi connectivity index (χ0v) is 13.0. The van der Waals surface area contributed by atoms with E-state index in [9.17, 15) is 0 Å². The van der Waals surface area contributed by atoms with E-state index in [0.717, 1.165) is 17.5 Å². The molecule has 2 heteroatoms. The predicted molar refractivity (Wildman–Crippen MR) is 83.8 cm³/mol. The van der Waals surface area contributed by atoms with E-state index in [4.69, 9.17) is 11.6 Å². The summed E-state index contributed by atoms with van der Waals surface area (Å²) in [6.07, 6.45) is 7.70. The second-order valence-corrected chi connectivity index (χ2v) is 6.20. The summed E-state index contributed by atoms with van der Waals surface area (Å²) in [4.78, 5) is 0. The summed E-state index contributed by atoms with van der Waals surface area (Å²) in [5.74, 6) is 0.830. The van der Waals surface area contributed by atoms with Gasteiger partial charge in [-0.05, 0) is 55.0 Å². The average molecular weight is 280 g/mol. The van der Waals surface area contributed by atoms with Gasteiger partial charge < -0.3 is 5.32 Å². The van der Waals surface area contributed by atoms with Crippen molar-refractivity contribution in [3.63, 3.8) is 0 Å². The maximum Gasteiger partial charge on any atom is 0.0408 e. The lowest BCUT2D eigenvalue weighted by Gasteiger charge is -2.20. The third-order valence-electron chi connectivity index (χ3n) is 4.38. The van der Waals surface area contributed by atoms with Crippen molar-refractivity contribution in [1.82, 2.24) is 5.32 Å². The Morgan fingerprint density at radius 2 is 2.21 bits per heavy atom. The van der Waals surface area contributed by atoms with Crippen LogP contribution in [0.1, 0.15) is 63.1 Å². The standard InChI is InChI=1S/C17H26ClN/c1-3-5-6-13(4-2)12-19-17-10-7-14-11-15(18)8-9-16(14)17/h8-9,11,13,17,19H,3-7,10,12H2,1-2H3. The van der Waals surface area contributed by atoms with Crippen molar-refractivity contribution in [1.29, 1.82) is 0 Å². The molecule has 0 amide bonds. The summed E-state index contributed by atoms with van der Waals surface area (Å²) in [6.45, 7) is 5.74. The van der Waals surface area contributed by atoms with E-state index in [0.29, 0.717) is 6.04 Å². The molecule has 106 valence electrons. The number of benzene rings is 1.